The second-order valence-corrected chi connectivity index (χ2v) is 8.29. The van der Waals surface area contributed by atoms with Crippen molar-refractivity contribution in [1.29, 1.82) is 0 Å². The van der Waals surface area contributed by atoms with Gasteiger partial charge in [0.1, 0.15) is 11.4 Å². The Kier molecular flexibility index (Phi) is 9.68. The third-order valence-corrected chi connectivity index (χ3v) is 6.19. The molecule has 3 rings (SSSR count). The van der Waals surface area contributed by atoms with Crippen molar-refractivity contribution in [1.82, 2.24) is 15.2 Å². The number of anilines is 2. The van der Waals surface area contributed by atoms with Crippen LogP contribution < -0.4 is 14.5 Å². The molecule has 3 aromatic rings. The minimum atomic E-state index is 0.336. The Bertz CT molecular complexity index is 996. The molecule has 1 heterocycles. The molecular weight excluding hydrogens is 422 g/mol. The van der Waals surface area contributed by atoms with E-state index < -0.39 is 0 Å². The first kappa shape index (κ1) is 25.5. The zero-order chi connectivity index (χ0) is 24.3. The maximum atomic E-state index is 5.84. The largest absolute Gasteiger partial charge is 0.462 e. The number of ether oxygens (including phenoxy) is 1. The van der Waals surface area contributed by atoms with Crippen LogP contribution in [0.3, 0.4) is 0 Å². The van der Waals surface area contributed by atoms with E-state index in [2.05, 4.69) is 103 Å². The van der Waals surface area contributed by atoms with Crippen LogP contribution in [-0.4, -0.2) is 48.0 Å². The Morgan fingerprint density at radius 1 is 0.618 bits per heavy atom. The number of aromatic nitrogens is 3. The molecule has 0 atom stereocenters. The normalized spacial score (nSPS) is 10.9. The highest BCUT2D eigenvalue weighted by molar-refractivity contribution is 5.79. The molecule has 0 radical (unpaired) electrons. The molecule has 0 saturated heterocycles. The van der Waals surface area contributed by atoms with Crippen LogP contribution in [0.25, 0.3) is 22.5 Å². The van der Waals surface area contributed by atoms with Crippen molar-refractivity contribution in [2.24, 2.45) is 0 Å². The maximum absolute atomic E-state index is 5.84. The summed E-state index contributed by atoms with van der Waals surface area (Å²) in [7, 11) is 0. The van der Waals surface area contributed by atoms with Gasteiger partial charge in [-0.15, -0.1) is 5.10 Å². The zero-order valence-corrected chi connectivity index (χ0v) is 21.4. The molecule has 2 aromatic carbocycles. The van der Waals surface area contributed by atoms with E-state index in [1.807, 2.05) is 0 Å². The van der Waals surface area contributed by atoms with Gasteiger partial charge >= 0.3 is 6.01 Å². The van der Waals surface area contributed by atoms with Crippen LogP contribution >= 0.6 is 0 Å². The van der Waals surface area contributed by atoms with Gasteiger partial charge in [0.15, 0.2) is 0 Å². The lowest BCUT2D eigenvalue weighted by Gasteiger charge is -2.21. The van der Waals surface area contributed by atoms with E-state index >= 15 is 0 Å². The van der Waals surface area contributed by atoms with Crippen LogP contribution in [0, 0.1) is 0 Å². The molecule has 182 valence electrons. The summed E-state index contributed by atoms with van der Waals surface area (Å²) in [5.74, 6) is 0. The number of rotatable bonds is 13. The summed E-state index contributed by atoms with van der Waals surface area (Å²) in [4.78, 5) is 9.46. The predicted molar refractivity (Wildman–Crippen MR) is 143 cm³/mol. The van der Waals surface area contributed by atoms with Gasteiger partial charge in [-0.1, -0.05) is 49.1 Å². The van der Waals surface area contributed by atoms with Crippen LogP contribution in [0.2, 0.25) is 0 Å². The molecule has 0 unspecified atom stereocenters. The molecule has 0 amide bonds. The highest BCUT2D eigenvalue weighted by Gasteiger charge is 2.15. The first-order valence-corrected chi connectivity index (χ1v) is 12.7. The van der Waals surface area contributed by atoms with E-state index in [0.29, 0.717) is 12.6 Å². The topological polar surface area (TPSA) is 54.4 Å². The lowest BCUT2D eigenvalue weighted by atomic mass is 10.0. The molecule has 0 saturated carbocycles. The van der Waals surface area contributed by atoms with Crippen molar-refractivity contribution in [3.63, 3.8) is 0 Å². The SMILES string of the molecule is CCCCCOc1nnc(-c2ccc(N(CC)CC)cc2)c(-c2ccc(N(CC)CC)cc2)n1. The first-order chi connectivity index (χ1) is 16.6. The van der Waals surface area contributed by atoms with Crippen LogP contribution in [0.1, 0.15) is 53.9 Å². The molecule has 0 fully saturated rings. The molecule has 0 spiro atoms. The molecule has 0 aliphatic rings. The van der Waals surface area contributed by atoms with Gasteiger partial charge in [-0.2, -0.15) is 4.98 Å². The molecule has 0 N–H and O–H groups in total. The van der Waals surface area contributed by atoms with E-state index in [0.717, 1.165) is 68.0 Å². The summed E-state index contributed by atoms with van der Waals surface area (Å²) in [5, 5.41) is 8.87. The fourth-order valence-electron chi connectivity index (χ4n) is 4.12. The fourth-order valence-corrected chi connectivity index (χ4v) is 4.12. The number of nitrogens with zero attached hydrogens (tertiary/aromatic N) is 5. The van der Waals surface area contributed by atoms with Crippen molar-refractivity contribution in [3.8, 4) is 28.5 Å². The quantitative estimate of drug-likeness (QED) is 0.272. The Morgan fingerprint density at radius 3 is 1.59 bits per heavy atom. The average Bonchev–Trinajstić information content (AvgIpc) is 2.89. The summed E-state index contributed by atoms with van der Waals surface area (Å²) in [5.41, 5.74) is 5.97. The molecule has 34 heavy (non-hydrogen) atoms. The van der Waals surface area contributed by atoms with Gasteiger partial charge in [-0.3, -0.25) is 0 Å². The second kappa shape index (κ2) is 12.9. The number of unbranched alkanes of at least 4 members (excludes halogenated alkanes) is 2. The van der Waals surface area contributed by atoms with Crippen molar-refractivity contribution >= 4 is 11.4 Å². The number of hydrogen-bond donors (Lipinski definition) is 0. The summed E-state index contributed by atoms with van der Waals surface area (Å²) >= 11 is 0. The third kappa shape index (κ3) is 6.25. The van der Waals surface area contributed by atoms with Gasteiger partial charge in [-0.05, 0) is 58.4 Å². The molecule has 0 aliphatic carbocycles. The van der Waals surface area contributed by atoms with Crippen LogP contribution in [0.4, 0.5) is 11.4 Å². The molecule has 0 bridgehead atoms. The first-order valence-electron chi connectivity index (χ1n) is 12.7. The van der Waals surface area contributed by atoms with Crippen LogP contribution in [0.5, 0.6) is 6.01 Å². The summed E-state index contributed by atoms with van der Waals surface area (Å²) < 4.78 is 5.84. The molecule has 0 aliphatic heterocycles. The Hall–Kier alpha value is -3.15. The van der Waals surface area contributed by atoms with E-state index in [1.54, 1.807) is 0 Å². The smallest absolute Gasteiger partial charge is 0.336 e. The van der Waals surface area contributed by atoms with E-state index in [1.165, 1.54) is 11.4 Å². The summed E-state index contributed by atoms with van der Waals surface area (Å²) in [6.45, 7) is 15.4. The lowest BCUT2D eigenvalue weighted by Crippen LogP contribution is -2.21. The van der Waals surface area contributed by atoms with Crippen molar-refractivity contribution in [2.45, 2.75) is 53.9 Å². The van der Waals surface area contributed by atoms with Crippen molar-refractivity contribution in [2.75, 3.05) is 42.6 Å². The van der Waals surface area contributed by atoms with Crippen molar-refractivity contribution in [3.05, 3.63) is 48.5 Å². The molecule has 6 nitrogen and oxygen atoms in total. The van der Waals surface area contributed by atoms with Gasteiger partial charge < -0.3 is 14.5 Å². The third-order valence-electron chi connectivity index (χ3n) is 6.19. The standard InChI is InChI=1S/C28H39N5O/c1-6-11-12-21-34-28-29-26(22-13-17-24(18-14-22)32(7-2)8-3)27(30-31-28)23-15-19-25(20-16-23)33(9-4)10-5/h13-20H,6-12,21H2,1-5H3. The Morgan fingerprint density at radius 2 is 1.12 bits per heavy atom. The minimum Gasteiger partial charge on any atom is -0.462 e. The summed E-state index contributed by atoms with van der Waals surface area (Å²) in [6, 6.07) is 17.4. The van der Waals surface area contributed by atoms with Gasteiger partial charge in [-0.25, -0.2) is 0 Å². The average molecular weight is 462 g/mol. The number of benzene rings is 2. The molecule has 6 heteroatoms. The highest BCUT2D eigenvalue weighted by Crippen LogP contribution is 2.32. The minimum absolute atomic E-state index is 0.336. The Labute approximate surface area is 205 Å². The van der Waals surface area contributed by atoms with Crippen LogP contribution in [-0.2, 0) is 0 Å². The number of hydrogen-bond acceptors (Lipinski definition) is 6. The molecule has 1 aromatic heterocycles. The van der Waals surface area contributed by atoms with E-state index in [9.17, 15) is 0 Å². The summed E-state index contributed by atoms with van der Waals surface area (Å²) in [6.07, 6.45) is 3.27. The van der Waals surface area contributed by atoms with Gasteiger partial charge in [0, 0.05) is 48.7 Å². The second-order valence-electron chi connectivity index (χ2n) is 8.29. The van der Waals surface area contributed by atoms with Crippen molar-refractivity contribution < 1.29 is 4.74 Å². The van der Waals surface area contributed by atoms with E-state index in [4.69, 9.17) is 9.72 Å². The maximum Gasteiger partial charge on any atom is 0.336 e. The van der Waals surface area contributed by atoms with Gasteiger partial charge in [0.05, 0.1) is 6.61 Å². The zero-order valence-electron chi connectivity index (χ0n) is 21.4. The Balaban J connectivity index is 1.97. The lowest BCUT2D eigenvalue weighted by molar-refractivity contribution is 0.279. The van der Waals surface area contributed by atoms with E-state index in [-0.39, 0.29) is 0 Å². The van der Waals surface area contributed by atoms with Crippen LogP contribution in [0.15, 0.2) is 48.5 Å². The fraction of sp³-hybridized carbons (Fsp3) is 0.464. The molecular formula is C28H39N5O. The van der Waals surface area contributed by atoms with Gasteiger partial charge in [0.2, 0.25) is 0 Å². The predicted octanol–water partition coefficient (Wildman–Crippen LogP) is 6.47. The highest BCUT2D eigenvalue weighted by atomic mass is 16.5. The van der Waals surface area contributed by atoms with Gasteiger partial charge in [0.25, 0.3) is 0 Å². The monoisotopic (exact) mass is 461 g/mol.